The fourth-order valence-electron chi connectivity index (χ4n) is 1.03. The van der Waals surface area contributed by atoms with Gasteiger partial charge in [-0.3, -0.25) is 0 Å². The third-order valence-electron chi connectivity index (χ3n) is 1.38. The van der Waals surface area contributed by atoms with Crippen molar-refractivity contribution in [3.63, 3.8) is 0 Å². The summed E-state index contributed by atoms with van der Waals surface area (Å²) in [7, 11) is 2.08. The summed E-state index contributed by atoms with van der Waals surface area (Å²) < 4.78 is 0. The Morgan fingerprint density at radius 3 is 2.82 bits per heavy atom. The molecule has 0 saturated heterocycles. The maximum absolute atomic E-state index is 4.21. The molecule has 1 heterocycles. The molecule has 1 aromatic rings. The molecule has 0 bridgehead atoms. The van der Waals surface area contributed by atoms with Crippen LogP contribution in [0, 0.1) is 5.92 Å². The van der Waals surface area contributed by atoms with Gasteiger partial charge in [-0.1, -0.05) is 13.8 Å². The van der Waals surface area contributed by atoms with E-state index in [9.17, 15) is 0 Å². The highest BCUT2D eigenvalue weighted by Crippen LogP contribution is 2.16. The Kier molecular flexibility index (Phi) is 2.88. The lowest BCUT2D eigenvalue weighted by Crippen LogP contribution is -2.22. The Labute approximate surface area is 71.9 Å². The molecule has 0 saturated carbocycles. The molecule has 0 atom stereocenters. The molecule has 0 amide bonds. The lowest BCUT2D eigenvalue weighted by molar-refractivity contribution is 0.637. The Balaban J connectivity index is 2.49. The average Bonchev–Trinajstić information content (AvgIpc) is 2.35. The highest BCUT2D eigenvalue weighted by molar-refractivity contribution is 7.13. The van der Waals surface area contributed by atoms with E-state index in [0.717, 1.165) is 11.7 Å². The van der Waals surface area contributed by atoms with Crippen LogP contribution in [0.5, 0.6) is 0 Å². The molecule has 0 spiro atoms. The Bertz CT molecular complexity index is 194. The number of anilines is 1. The summed E-state index contributed by atoms with van der Waals surface area (Å²) in [6.45, 7) is 5.50. The van der Waals surface area contributed by atoms with E-state index in [1.54, 1.807) is 11.3 Å². The number of rotatable bonds is 3. The van der Waals surface area contributed by atoms with Crippen LogP contribution in [0.3, 0.4) is 0 Å². The normalized spacial score (nSPS) is 10.5. The first-order valence-corrected chi connectivity index (χ1v) is 4.68. The summed E-state index contributed by atoms with van der Waals surface area (Å²) in [5.74, 6) is 0.698. The number of aromatic nitrogens is 1. The SMILES string of the molecule is CC(C)CN(C)c1nccs1. The zero-order valence-electron chi connectivity index (χ0n) is 7.24. The Morgan fingerprint density at radius 1 is 1.64 bits per heavy atom. The van der Waals surface area contributed by atoms with Crippen LogP contribution in [0.1, 0.15) is 13.8 Å². The highest BCUT2D eigenvalue weighted by Gasteiger charge is 2.03. The van der Waals surface area contributed by atoms with Crippen molar-refractivity contribution >= 4 is 16.5 Å². The van der Waals surface area contributed by atoms with Crippen molar-refractivity contribution in [2.24, 2.45) is 5.92 Å². The second kappa shape index (κ2) is 3.72. The number of nitrogens with zero attached hydrogens (tertiary/aromatic N) is 2. The first-order chi connectivity index (χ1) is 5.20. The molecule has 0 aliphatic carbocycles. The fraction of sp³-hybridized carbons (Fsp3) is 0.625. The summed E-state index contributed by atoms with van der Waals surface area (Å²) >= 11 is 1.69. The zero-order valence-corrected chi connectivity index (χ0v) is 8.06. The van der Waals surface area contributed by atoms with Crippen LogP contribution in [-0.2, 0) is 0 Å². The second-order valence-electron chi connectivity index (χ2n) is 3.09. The van der Waals surface area contributed by atoms with E-state index in [0.29, 0.717) is 5.92 Å². The molecule has 0 radical (unpaired) electrons. The number of hydrogen-bond acceptors (Lipinski definition) is 3. The first-order valence-electron chi connectivity index (χ1n) is 3.80. The van der Waals surface area contributed by atoms with Gasteiger partial charge in [0.2, 0.25) is 0 Å². The minimum Gasteiger partial charge on any atom is -0.351 e. The smallest absolute Gasteiger partial charge is 0.184 e. The van der Waals surface area contributed by atoms with Crippen LogP contribution in [0.25, 0.3) is 0 Å². The van der Waals surface area contributed by atoms with Gasteiger partial charge >= 0.3 is 0 Å². The minimum absolute atomic E-state index is 0.698. The van der Waals surface area contributed by atoms with E-state index in [4.69, 9.17) is 0 Å². The third kappa shape index (κ3) is 2.50. The molecule has 0 fully saturated rings. The molecule has 1 rings (SSSR count). The predicted molar refractivity (Wildman–Crippen MR) is 50.2 cm³/mol. The van der Waals surface area contributed by atoms with Crippen LogP contribution >= 0.6 is 11.3 Å². The molecule has 11 heavy (non-hydrogen) atoms. The standard InChI is InChI=1S/C8H14N2S/c1-7(2)6-10(3)8-9-4-5-11-8/h4-5,7H,6H2,1-3H3. The van der Waals surface area contributed by atoms with Crippen LogP contribution in [0.15, 0.2) is 11.6 Å². The predicted octanol–water partition coefficient (Wildman–Crippen LogP) is 2.24. The molecule has 1 aromatic heterocycles. The summed E-state index contributed by atoms with van der Waals surface area (Å²) in [4.78, 5) is 6.40. The van der Waals surface area contributed by atoms with Crippen molar-refractivity contribution < 1.29 is 0 Å². The van der Waals surface area contributed by atoms with Gasteiger partial charge in [-0.15, -0.1) is 11.3 Å². The maximum atomic E-state index is 4.21. The van der Waals surface area contributed by atoms with E-state index >= 15 is 0 Å². The summed E-state index contributed by atoms with van der Waals surface area (Å²) in [6, 6.07) is 0. The Morgan fingerprint density at radius 2 is 2.36 bits per heavy atom. The molecular formula is C8H14N2S. The molecule has 3 heteroatoms. The quantitative estimate of drug-likeness (QED) is 0.691. The second-order valence-corrected chi connectivity index (χ2v) is 3.96. The summed E-state index contributed by atoms with van der Waals surface area (Å²) in [5, 5.41) is 3.12. The van der Waals surface area contributed by atoms with E-state index in [-0.39, 0.29) is 0 Å². The van der Waals surface area contributed by atoms with Crippen LogP contribution in [0.2, 0.25) is 0 Å². The molecule has 2 nitrogen and oxygen atoms in total. The van der Waals surface area contributed by atoms with Gasteiger partial charge < -0.3 is 4.90 Å². The molecule has 0 N–H and O–H groups in total. The van der Waals surface area contributed by atoms with Crippen LogP contribution < -0.4 is 4.90 Å². The first kappa shape index (κ1) is 8.53. The van der Waals surface area contributed by atoms with Crippen molar-refractivity contribution in [3.8, 4) is 0 Å². The van der Waals surface area contributed by atoms with Crippen molar-refractivity contribution in [2.75, 3.05) is 18.5 Å². The average molecular weight is 170 g/mol. The van der Waals surface area contributed by atoms with Gasteiger partial charge in [0.05, 0.1) is 0 Å². The lowest BCUT2D eigenvalue weighted by Gasteiger charge is -2.17. The monoisotopic (exact) mass is 170 g/mol. The Hall–Kier alpha value is -0.570. The van der Waals surface area contributed by atoms with Gasteiger partial charge in [0.1, 0.15) is 0 Å². The van der Waals surface area contributed by atoms with Gasteiger partial charge in [0, 0.05) is 25.2 Å². The van der Waals surface area contributed by atoms with Crippen LogP contribution in [0.4, 0.5) is 5.13 Å². The van der Waals surface area contributed by atoms with Gasteiger partial charge in [-0.25, -0.2) is 4.98 Å². The van der Waals surface area contributed by atoms with E-state index in [2.05, 4.69) is 30.8 Å². The van der Waals surface area contributed by atoms with Gasteiger partial charge in [0.25, 0.3) is 0 Å². The minimum atomic E-state index is 0.698. The largest absolute Gasteiger partial charge is 0.351 e. The zero-order chi connectivity index (χ0) is 8.27. The van der Waals surface area contributed by atoms with Gasteiger partial charge in [-0.05, 0) is 5.92 Å². The van der Waals surface area contributed by atoms with Gasteiger partial charge in [0.15, 0.2) is 5.13 Å². The topological polar surface area (TPSA) is 16.1 Å². The summed E-state index contributed by atoms with van der Waals surface area (Å²) in [5.41, 5.74) is 0. The van der Waals surface area contributed by atoms with Crippen LogP contribution in [-0.4, -0.2) is 18.6 Å². The number of thiazole rings is 1. The molecule has 0 aromatic carbocycles. The van der Waals surface area contributed by atoms with Crippen molar-refractivity contribution in [1.82, 2.24) is 4.98 Å². The van der Waals surface area contributed by atoms with Crippen molar-refractivity contribution in [3.05, 3.63) is 11.6 Å². The van der Waals surface area contributed by atoms with Crippen molar-refractivity contribution in [2.45, 2.75) is 13.8 Å². The molecule has 0 aliphatic rings. The van der Waals surface area contributed by atoms with E-state index in [1.807, 2.05) is 11.6 Å². The van der Waals surface area contributed by atoms with Crippen molar-refractivity contribution in [1.29, 1.82) is 0 Å². The summed E-state index contributed by atoms with van der Waals surface area (Å²) in [6.07, 6.45) is 1.84. The highest BCUT2D eigenvalue weighted by atomic mass is 32.1. The maximum Gasteiger partial charge on any atom is 0.184 e. The molecule has 0 aliphatic heterocycles. The molecular weight excluding hydrogens is 156 g/mol. The molecule has 62 valence electrons. The lowest BCUT2D eigenvalue weighted by atomic mass is 10.2. The molecule has 0 unspecified atom stereocenters. The number of hydrogen-bond donors (Lipinski definition) is 0. The van der Waals surface area contributed by atoms with E-state index in [1.165, 1.54) is 0 Å². The van der Waals surface area contributed by atoms with Gasteiger partial charge in [-0.2, -0.15) is 0 Å². The third-order valence-corrected chi connectivity index (χ3v) is 2.27. The fourth-order valence-corrected chi connectivity index (χ4v) is 1.65. The van der Waals surface area contributed by atoms with E-state index < -0.39 is 0 Å².